The monoisotopic (exact) mass is 262 g/mol. The van der Waals surface area contributed by atoms with Crippen molar-refractivity contribution in [2.24, 2.45) is 5.92 Å². The first-order chi connectivity index (χ1) is 9.88. The Morgan fingerprint density at radius 1 is 0.950 bits per heavy atom. The highest BCUT2D eigenvalue weighted by Crippen LogP contribution is 2.61. The van der Waals surface area contributed by atoms with Gasteiger partial charge in [0.1, 0.15) is 0 Å². The third-order valence-corrected chi connectivity index (χ3v) is 5.48. The van der Waals surface area contributed by atoms with Crippen LogP contribution in [0.25, 0.3) is 0 Å². The first-order valence-corrected chi connectivity index (χ1v) is 8.01. The Hall–Kier alpha value is -1.56. The Bertz CT molecular complexity index is 598. The second kappa shape index (κ2) is 4.77. The van der Waals surface area contributed by atoms with Crippen LogP contribution in [0.1, 0.15) is 42.4 Å². The van der Waals surface area contributed by atoms with Crippen molar-refractivity contribution in [1.82, 2.24) is 0 Å². The van der Waals surface area contributed by atoms with Crippen LogP contribution in [0.2, 0.25) is 0 Å². The van der Waals surface area contributed by atoms with Crippen molar-refractivity contribution in [3.8, 4) is 0 Å². The van der Waals surface area contributed by atoms with E-state index in [0.29, 0.717) is 5.41 Å². The van der Waals surface area contributed by atoms with E-state index < -0.39 is 0 Å². The quantitative estimate of drug-likeness (QED) is 0.737. The van der Waals surface area contributed by atoms with Gasteiger partial charge in [-0.15, -0.1) is 0 Å². The van der Waals surface area contributed by atoms with Crippen molar-refractivity contribution < 1.29 is 0 Å². The normalized spacial score (nSPS) is 27.3. The maximum atomic E-state index is 2.40. The maximum Gasteiger partial charge on any atom is -0.00125 e. The SMILES string of the molecule is c1ccc(CCC2CC23CCCc2ccccc23)cc1. The van der Waals surface area contributed by atoms with Crippen LogP contribution in [0.3, 0.4) is 0 Å². The van der Waals surface area contributed by atoms with Gasteiger partial charge >= 0.3 is 0 Å². The Kier molecular flexibility index (Phi) is 2.91. The van der Waals surface area contributed by atoms with Gasteiger partial charge in [-0.05, 0) is 66.5 Å². The van der Waals surface area contributed by atoms with Gasteiger partial charge in [0.2, 0.25) is 0 Å². The van der Waals surface area contributed by atoms with Gasteiger partial charge in [-0.2, -0.15) is 0 Å². The summed E-state index contributed by atoms with van der Waals surface area (Å²) in [6.07, 6.45) is 8.14. The fraction of sp³-hybridized carbons (Fsp3) is 0.400. The van der Waals surface area contributed by atoms with E-state index >= 15 is 0 Å². The Morgan fingerprint density at radius 3 is 2.65 bits per heavy atom. The number of aryl methyl sites for hydroxylation is 2. The van der Waals surface area contributed by atoms with Crippen molar-refractivity contribution in [2.75, 3.05) is 0 Å². The first kappa shape index (κ1) is 12.2. The van der Waals surface area contributed by atoms with E-state index in [1.54, 1.807) is 11.1 Å². The predicted molar refractivity (Wildman–Crippen MR) is 83.9 cm³/mol. The molecule has 2 aliphatic rings. The number of benzene rings is 2. The molecule has 2 aromatic rings. The lowest BCUT2D eigenvalue weighted by atomic mass is 9.78. The molecule has 0 nitrogen and oxygen atoms in total. The highest BCUT2D eigenvalue weighted by atomic mass is 14.6. The summed E-state index contributed by atoms with van der Waals surface area (Å²) in [5.74, 6) is 0.921. The Balaban J connectivity index is 1.50. The van der Waals surface area contributed by atoms with E-state index in [0.717, 1.165) is 5.92 Å². The molecule has 0 bridgehead atoms. The number of fused-ring (bicyclic) bond motifs is 2. The summed E-state index contributed by atoms with van der Waals surface area (Å²) < 4.78 is 0. The minimum atomic E-state index is 0.559. The van der Waals surface area contributed by atoms with Crippen LogP contribution in [0.5, 0.6) is 0 Å². The maximum absolute atomic E-state index is 2.40. The molecule has 0 N–H and O–H groups in total. The second-order valence-electron chi connectivity index (χ2n) is 6.59. The standard InChI is InChI=1S/C20H22/c1-2-7-16(8-3-1)12-13-18-15-20(18)14-6-10-17-9-4-5-11-19(17)20/h1-5,7-9,11,18H,6,10,12-15H2. The molecule has 0 amide bonds. The fourth-order valence-corrected chi connectivity index (χ4v) is 4.33. The van der Waals surface area contributed by atoms with E-state index in [-0.39, 0.29) is 0 Å². The summed E-state index contributed by atoms with van der Waals surface area (Å²) in [7, 11) is 0. The Labute approximate surface area is 121 Å². The van der Waals surface area contributed by atoms with Gasteiger partial charge < -0.3 is 0 Å². The largest absolute Gasteiger partial charge is 0.0622 e. The van der Waals surface area contributed by atoms with E-state index in [1.165, 1.54) is 44.1 Å². The van der Waals surface area contributed by atoms with Gasteiger partial charge in [0.25, 0.3) is 0 Å². The van der Waals surface area contributed by atoms with Gasteiger partial charge in [0.05, 0.1) is 0 Å². The minimum absolute atomic E-state index is 0.559. The summed E-state index contributed by atoms with van der Waals surface area (Å²) >= 11 is 0. The second-order valence-corrected chi connectivity index (χ2v) is 6.59. The number of hydrogen-bond donors (Lipinski definition) is 0. The number of hydrogen-bond acceptors (Lipinski definition) is 0. The molecule has 1 saturated carbocycles. The van der Waals surface area contributed by atoms with Gasteiger partial charge in [-0.3, -0.25) is 0 Å². The Morgan fingerprint density at radius 2 is 1.75 bits per heavy atom. The van der Waals surface area contributed by atoms with Crippen molar-refractivity contribution in [1.29, 1.82) is 0 Å². The third kappa shape index (κ3) is 1.98. The summed E-state index contributed by atoms with van der Waals surface area (Å²) in [6, 6.07) is 20.2. The molecule has 20 heavy (non-hydrogen) atoms. The van der Waals surface area contributed by atoms with Crippen LogP contribution in [0.4, 0.5) is 0 Å². The highest BCUT2D eigenvalue weighted by Gasteiger charge is 2.55. The molecule has 0 saturated heterocycles. The molecular weight excluding hydrogens is 240 g/mol. The molecule has 4 rings (SSSR count). The van der Waals surface area contributed by atoms with Crippen LogP contribution in [-0.4, -0.2) is 0 Å². The topological polar surface area (TPSA) is 0 Å². The molecular formula is C20H22. The van der Waals surface area contributed by atoms with E-state index in [1.807, 2.05) is 0 Å². The predicted octanol–water partition coefficient (Wildman–Crippen LogP) is 4.91. The lowest BCUT2D eigenvalue weighted by Crippen LogP contribution is -2.18. The summed E-state index contributed by atoms with van der Waals surface area (Å²) in [5.41, 5.74) is 5.37. The lowest BCUT2D eigenvalue weighted by Gasteiger charge is -2.26. The van der Waals surface area contributed by atoms with Gasteiger partial charge in [-0.25, -0.2) is 0 Å². The molecule has 0 aliphatic heterocycles. The van der Waals surface area contributed by atoms with Gasteiger partial charge in [-0.1, -0.05) is 54.6 Å². The third-order valence-electron chi connectivity index (χ3n) is 5.48. The van der Waals surface area contributed by atoms with Crippen LogP contribution < -0.4 is 0 Å². The summed E-state index contributed by atoms with van der Waals surface area (Å²) in [4.78, 5) is 0. The summed E-state index contributed by atoms with van der Waals surface area (Å²) in [6.45, 7) is 0. The summed E-state index contributed by atoms with van der Waals surface area (Å²) in [5, 5.41) is 0. The highest BCUT2D eigenvalue weighted by molar-refractivity contribution is 5.42. The molecule has 0 heteroatoms. The average Bonchev–Trinajstić information content (AvgIpc) is 3.20. The van der Waals surface area contributed by atoms with E-state index in [9.17, 15) is 0 Å². The zero-order chi connectivity index (χ0) is 13.4. The smallest absolute Gasteiger partial charge is 0.00125 e. The van der Waals surface area contributed by atoms with Gasteiger partial charge in [0.15, 0.2) is 0 Å². The molecule has 2 aliphatic carbocycles. The number of rotatable bonds is 3. The van der Waals surface area contributed by atoms with Gasteiger partial charge in [0, 0.05) is 0 Å². The molecule has 1 fully saturated rings. The molecule has 0 aromatic heterocycles. The van der Waals surface area contributed by atoms with Crippen LogP contribution in [-0.2, 0) is 18.3 Å². The van der Waals surface area contributed by atoms with Crippen molar-refractivity contribution in [3.05, 3.63) is 71.3 Å². The van der Waals surface area contributed by atoms with E-state index in [4.69, 9.17) is 0 Å². The molecule has 1 spiro atoms. The minimum Gasteiger partial charge on any atom is -0.0622 e. The lowest BCUT2D eigenvalue weighted by molar-refractivity contribution is 0.483. The van der Waals surface area contributed by atoms with Crippen LogP contribution in [0.15, 0.2) is 54.6 Å². The fourth-order valence-electron chi connectivity index (χ4n) is 4.33. The average molecular weight is 262 g/mol. The molecule has 102 valence electrons. The van der Waals surface area contributed by atoms with Crippen LogP contribution >= 0.6 is 0 Å². The zero-order valence-corrected chi connectivity index (χ0v) is 12.0. The molecule has 2 aromatic carbocycles. The molecule has 2 atom stereocenters. The first-order valence-electron chi connectivity index (χ1n) is 8.01. The van der Waals surface area contributed by atoms with Crippen molar-refractivity contribution in [3.63, 3.8) is 0 Å². The molecule has 0 heterocycles. The van der Waals surface area contributed by atoms with E-state index in [2.05, 4.69) is 54.6 Å². The molecule has 0 radical (unpaired) electrons. The zero-order valence-electron chi connectivity index (χ0n) is 12.0. The van der Waals surface area contributed by atoms with Crippen LogP contribution in [0, 0.1) is 5.92 Å². The molecule has 2 unspecified atom stereocenters. The van der Waals surface area contributed by atoms with Crippen molar-refractivity contribution in [2.45, 2.75) is 43.9 Å². The van der Waals surface area contributed by atoms with Crippen molar-refractivity contribution >= 4 is 0 Å².